The maximum atomic E-state index is 14.3. The summed E-state index contributed by atoms with van der Waals surface area (Å²) in [7, 11) is 1.26. The highest BCUT2D eigenvalue weighted by Crippen LogP contribution is 2.52. The lowest BCUT2D eigenvalue weighted by molar-refractivity contribution is -0.138. The number of likely N-dealkylation sites (tertiary alicyclic amines) is 1. The third kappa shape index (κ3) is 8.14. The molecule has 3 aliphatic heterocycles. The van der Waals surface area contributed by atoms with E-state index in [0.29, 0.717) is 88.3 Å². The van der Waals surface area contributed by atoms with Gasteiger partial charge in [0.05, 0.1) is 19.2 Å². The van der Waals surface area contributed by atoms with Gasteiger partial charge in [-0.1, -0.05) is 90.8 Å². The second kappa shape index (κ2) is 18.0. The molecule has 0 spiro atoms. The van der Waals surface area contributed by atoms with Crippen molar-refractivity contribution in [1.29, 1.82) is 0 Å². The minimum absolute atomic E-state index is 0.146. The normalized spacial score (nSPS) is 16.7. The lowest BCUT2D eigenvalue weighted by Crippen LogP contribution is -2.49. The molecule has 4 N–H and O–H groups in total. The van der Waals surface area contributed by atoms with Crippen LogP contribution in [0.4, 0.5) is 4.79 Å². The second-order valence-corrected chi connectivity index (χ2v) is 17.2. The number of carbonyl (C=O) groups is 4. The van der Waals surface area contributed by atoms with Gasteiger partial charge in [-0.3, -0.25) is 14.4 Å². The van der Waals surface area contributed by atoms with Crippen LogP contribution in [0.15, 0.2) is 84.9 Å². The van der Waals surface area contributed by atoms with Crippen LogP contribution in [0.1, 0.15) is 79.1 Å². The highest BCUT2D eigenvalue weighted by atomic mass is 35.5. The Morgan fingerprint density at radius 3 is 2.05 bits per heavy atom. The number of hydrogen-bond donors (Lipinski definition) is 4. The smallest absolute Gasteiger partial charge is 0.407 e. The van der Waals surface area contributed by atoms with E-state index in [0.717, 1.165) is 39.8 Å². The summed E-state index contributed by atoms with van der Waals surface area (Å²) in [5.74, 6) is 1.77. The Kier molecular flexibility index (Phi) is 12.0. The number of nitrogens with one attached hydrogen (secondary N) is 4. The van der Waals surface area contributed by atoms with Crippen LogP contribution in [0.5, 0.6) is 11.5 Å². The predicted octanol–water partition coefficient (Wildman–Crippen LogP) is 8.39. The van der Waals surface area contributed by atoms with Crippen molar-refractivity contribution >= 4 is 47.5 Å². The average molecular weight is 918 g/mol. The molecule has 15 nitrogen and oxygen atoms in total. The maximum absolute atomic E-state index is 14.3. The molecular weight excluding hydrogens is 871 g/mol. The molecular formula is C48H46Cl2N8O7. The quantitative estimate of drug-likeness (QED) is 0.0780. The number of ether oxygens (including phenoxy) is 3. The second-order valence-electron chi connectivity index (χ2n) is 16.4. The van der Waals surface area contributed by atoms with Gasteiger partial charge in [0.2, 0.25) is 12.3 Å². The maximum Gasteiger partial charge on any atom is 0.407 e. The standard InChI is InChI=1S/C48H46Cl2N8O7/c1-4-17-57(44(60)40(51-26-59)27-12-7-5-8-13-27)23-35-52-38(42(49)53-35)29-19-31-24-65-34-22-30(20-32-25-64-33(21-29)36(31)37(32)34)39-43(50)56-46(54-39)48(2)16-11-18-58(48)45(61)41(55-47(62)63-3)28-14-9-6-10-15-28/h5-10,12-15,19-22,26,40-41H,4,11,16-18,23-25H2,1-3H3,(H,51,59)(H,52,53)(H,54,56)(H,55,62)/t40-,41-,48+/m1/s1. The zero-order valence-corrected chi connectivity index (χ0v) is 37.4. The molecule has 4 amide bonds. The zero-order valence-electron chi connectivity index (χ0n) is 35.9. The summed E-state index contributed by atoms with van der Waals surface area (Å²) in [5.41, 5.74) is 6.50. The van der Waals surface area contributed by atoms with E-state index in [1.54, 1.807) is 34.1 Å². The van der Waals surface area contributed by atoms with Crippen LogP contribution >= 0.6 is 23.2 Å². The Morgan fingerprint density at radius 1 is 0.877 bits per heavy atom. The molecule has 6 aromatic rings. The number of benzene rings is 4. The van der Waals surface area contributed by atoms with Crippen molar-refractivity contribution in [3.8, 4) is 45.1 Å². The van der Waals surface area contributed by atoms with Gasteiger partial charge < -0.3 is 44.6 Å². The molecule has 4 aromatic carbocycles. The van der Waals surface area contributed by atoms with Crippen LogP contribution in [0.25, 0.3) is 33.6 Å². The fourth-order valence-corrected chi connectivity index (χ4v) is 9.67. The van der Waals surface area contributed by atoms with Crippen LogP contribution in [0, 0.1) is 0 Å². The molecule has 0 aliphatic carbocycles. The third-order valence-electron chi connectivity index (χ3n) is 12.3. The molecule has 334 valence electrons. The molecule has 2 aromatic heterocycles. The Labute approximate surface area is 384 Å². The molecule has 17 heteroatoms. The van der Waals surface area contributed by atoms with E-state index in [2.05, 4.69) is 20.6 Å². The fourth-order valence-electron chi connectivity index (χ4n) is 9.17. The van der Waals surface area contributed by atoms with Gasteiger partial charge in [0.25, 0.3) is 5.91 Å². The summed E-state index contributed by atoms with van der Waals surface area (Å²) in [6, 6.07) is 24.2. The Bertz CT molecular complexity index is 2750. The van der Waals surface area contributed by atoms with Crippen molar-refractivity contribution in [1.82, 2.24) is 40.4 Å². The molecule has 5 heterocycles. The first-order valence-corrected chi connectivity index (χ1v) is 22.1. The summed E-state index contributed by atoms with van der Waals surface area (Å²) in [5, 5.41) is 6.01. The lowest BCUT2D eigenvalue weighted by Gasteiger charge is -2.36. The number of hydrogen-bond acceptors (Lipinski definition) is 9. The molecule has 9 rings (SSSR count). The van der Waals surface area contributed by atoms with Gasteiger partial charge >= 0.3 is 6.09 Å². The summed E-state index contributed by atoms with van der Waals surface area (Å²) >= 11 is 13.8. The molecule has 0 unspecified atom stereocenters. The van der Waals surface area contributed by atoms with E-state index >= 15 is 0 Å². The highest BCUT2D eigenvalue weighted by Gasteiger charge is 2.46. The summed E-state index contributed by atoms with van der Waals surface area (Å²) < 4.78 is 17.8. The van der Waals surface area contributed by atoms with Gasteiger partial charge in [-0.25, -0.2) is 14.8 Å². The SMILES string of the molecule is CCCN(Cc1nc(-c2cc3c4c(c2)OCc2cc(-c5nc([C@]6(C)CCCN6C(=O)[C@H](NC(=O)OC)c6ccccc6)[nH]c5Cl)cc(c2-4)OC3)c(Cl)[nH]1)C(=O)[C@H](NC=O)c1ccccc1. The van der Waals surface area contributed by atoms with E-state index in [-0.39, 0.29) is 31.6 Å². The number of nitrogens with zero attached hydrogens (tertiary/aromatic N) is 4. The van der Waals surface area contributed by atoms with Crippen LogP contribution in [0.2, 0.25) is 10.3 Å². The first-order valence-electron chi connectivity index (χ1n) is 21.4. The summed E-state index contributed by atoms with van der Waals surface area (Å²) in [6.45, 7) is 5.45. The first-order chi connectivity index (χ1) is 31.5. The number of methoxy groups -OCH3 is 1. The monoisotopic (exact) mass is 916 g/mol. The van der Waals surface area contributed by atoms with Gasteiger partial charge in [-0.15, -0.1) is 0 Å². The average Bonchev–Trinajstić information content (AvgIpc) is 4.04. The first kappa shape index (κ1) is 43.4. The van der Waals surface area contributed by atoms with E-state index in [9.17, 15) is 19.2 Å². The van der Waals surface area contributed by atoms with Crippen LogP contribution in [0.3, 0.4) is 0 Å². The number of alkyl carbamates (subject to hydrolysis) is 1. The number of carbonyl (C=O) groups excluding carboxylic acids is 4. The van der Waals surface area contributed by atoms with Crippen molar-refractivity contribution in [3.05, 3.63) is 129 Å². The number of H-pyrrole nitrogens is 2. The number of aromatic nitrogens is 4. The number of halogens is 2. The van der Waals surface area contributed by atoms with E-state index in [1.807, 2.05) is 74.5 Å². The van der Waals surface area contributed by atoms with Crippen molar-refractivity contribution < 1.29 is 33.4 Å². The number of amides is 4. The molecule has 65 heavy (non-hydrogen) atoms. The number of aromatic amines is 2. The van der Waals surface area contributed by atoms with Crippen molar-refractivity contribution in [2.75, 3.05) is 20.2 Å². The van der Waals surface area contributed by atoms with Gasteiger partial charge in [0.15, 0.2) is 0 Å². The molecule has 0 bridgehead atoms. The number of rotatable bonds is 14. The van der Waals surface area contributed by atoms with Crippen molar-refractivity contribution in [3.63, 3.8) is 0 Å². The van der Waals surface area contributed by atoms with E-state index < -0.39 is 23.7 Å². The fraction of sp³-hybridized carbons (Fsp3) is 0.292. The molecule has 0 radical (unpaired) electrons. The molecule has 0 saturated carbocycles. The van der Waals surface area contributed by atoms with E-state index in [1.165, 1.54) is 7.11 Å². The molecule has 1 fully saturated rings. The van der Waals surface area contributed by atoms with Crippen LogP contribution in [-0.2, 0) is 44.4 Å². The van der Waals surface area contributed by atoms with Crippen LogP contribution in [-0.4, -0.2) is 74.3 Å². The Hall–Kier alpha value is -6.84. The van der Waals surface area contributed by atoms with E-state index in [4.69, 9.17) is 47.4 Å². The largest absolute Gasteiger partial charge is 0.488 e. The molecule has 3 aliphatic rings. The molecule has 3 atom stereocenters. The predicted molar refractivity (Wildman–Crippen MR) is 243 cm³/mol. The Balaban J connectivity index is 0.976. The topological polar surface area (TPSA) is 184 Å². The third-order valence-corrected chi connectivity index (χ3v) is 12.9. The Morgan fingerprint density at radius 2 is 1.46 bits per heavy atom. The van der Waals surface area contributed by atoms with Crippen molar-refractivity contribution in [2.24, 2.45) is 0 Å². The summed E-state index contributed by atoms with van der Waals surface area (Å²) in [6.07, 6.45) is 1.85. The lowest BCUT2D eigenvalue weighted by atomic mass is 9.87. The van der Waals surface area contributed by atoms with Gasteiger partial charge in [0.1, 0.15) is 70.1 Å². The minimum Gasteiger partial charge on any atom is -0.488 e. The number of imidazole rings is 2. The highest BCUT2D eigenvalue weighted by molar-refractivity contribution is 6.32. The van der Waals surface area contributed by atoms with Gasteiger partial charge in [-0.2, -0.15) is 0 Å². The minimum atomic E-state index is -0.972. The zero-order chi connectivity index (χ0) is 45.4. The van der Waals surface area contributed by atoms with Gasteiger partial charge in [-0.05, 0) is 61.6 Å². The van der Waals surface area contributed by atoms with Crippen LogP contribution < -0.4 is 20.1 Å². The van der Waals surface area contributed by atoms with Gasteiger partial charge in [0, 0.05) is 46.5 Å². The summed E-state index contributed by atoms with van der Waals surface area (Å²) in [4.78, 5) is 71.8. The van der Waals surface area contributed by atoms with Crippen molar-refractivity contribution in [2.45, 2.75) is 70.5 Å². The molecule has 1 saturated heterocycles.